The first-order valence-electron chi connectivity index (χ1n) is 7.31. The molecule has 2 nitrogen and oxygen atoms in total. The highest BCUT2D eigenvalue weighted by Gasteiger charge is 2.31. The second-order valence-corrected chi connectivity index (χ2v) is 6.33. The molecule has 110 valence electrons. The van der Waals surface area contributed by atoms with Gasteiger partial charge in [0, 0.05) is 12.0 Å². The maximum absolute atomic E-state index is 6.09. The maximum atomic E-state index is 6.09. The number of aryl methyl sites for hydroxylation is 1. The molecule has 0 radical (unpaired) electrons. The molecule has 1 aliphatic rings. The number of benzene rings is 2. The summed E-state index contributed by atoms with van der Waals surface area (Å²) in [6, 6.07) is 14.6. The molecule has 0 aliphatic carbocycles. The molecule has 21 heavy (non-hydrogen) atoms. The molecule has 1 aliphatic heterocycles. The second-order valence-electron chi connectivity index (χ2n) is 5.34. The lowest BCUT2D eigenvalue weighted by Crippen LogP contribution is -2.19. The average molecular weight is 347 g/mol. The molecule has 2 unspecified atom stereocenters. The monoisotopic (exact) mass is 346 g/mol. The van der Waals surface area contributed by atoms with Gasteiger partial charge in [-0.25, -0.2) is 0 Å². The van der Waals surface area contributed by atoms with Crippen LogP contribution in [-0.4, -0.2) is 12.7 Å². The van der Waals surface area contributed by atoms with Crippen molar-refractivity contribution in [2.24, 2.45) is 0 Å². The van der Waals surface area contributed by atoms with E-state index in [4.69, 9.17) is 9.47 Å². The van der Waals surface area contributed by atoms with Crippen molar-refractivity contribution < 1.29 is 9.47 Å². The summed E-state index contributed by atoms with van der Waals surface area (Å²) in [7, 11) is 0. The van der Waals surface area contributed by atoms with Crippen LogP contribution in [0.4, 0.5) is 0 Å². The zero-order valence-corrected chi connectivity index (χ0v) is 13.9. The third kappa shape index (κ3) is 2.93. The molecular weight excluding hydrogens is 328 g/mol. The van der Waals surface area contributed by atoms with E-state index in [0.717, 1.165) is 23.5 Å². The highest BCUT2D eigenvalue weighted by molar-refractivity contribution is 9.09. The summed E-state index contributed by atoms with van der Waals surface area (Å²) >= 11 is 3.82. The van der Waals surface area contributed by atoms with E-state index < -0.39 is 0 Å². The van der Waals surface area contributed by atoms with Crippen molar-refractivity contribution in [2.45, 2.75) is 31.2 Å². The molecule has 0 aromatic heterocycles. The number of hydrogen-bond donors (Lipinski definition) is 0. The third-order valence-corrected chi connectivity index (χ3v) is 4.84. The third-order valence-electron chi connectivity index (χ3n) is 3.76. The van der Waals surface area contributed by atoms with Crippen LogP contribution in [0.3, 0.4) is 0 Å². The fraction of sp³-hybridized carbons (Fsp3) is 0.333. The molecule has 0 spiro atoms. The van der Waals surface area contributed by atoms with E-state index in [9.17, 15) is 0 Å². The summed E-state index contributed by atoms with van der Waals surface area (Å²) in [4.78, 5) is 0.117. The number of rotatable bonds is 4. The number of alkyl halides is 1. The van der Waals surface area contributed by atoms with E-state index in [1.165, 1.54) is 11.1 Å². The minimum Gasteiger partial charge on any atom is -0.494 e. The quantitative estimate of drug-likeness (QED) is 0.738. The first-order valence-corrected chi connectivity index (χ1v) is 8.22. The van der Waals surface area contributed by atoms with Crippen LogP contribution in [0.2, 0.25) is 0 Å². The van der Waals surface area contributed by atoms with Crippen molar-refractivity contribution in [1.82, 2.24) is 0 Å². The predicted molar refractivity (Wildman–Crippen MR) is 88.6 cm³/mol. The van der Waals surface area contributed by atoms with Crippen molar-refractivity contribution in [3.8, 4) is 11.5 Å². The second kappa shape index (κ2) is 6.10. The molecule has 0 saturated heterocycles. The van der Waals surface area contributed by atoms with Crippen molar-refractivity contribution in [1.29, 1.82) is 0 Å². The Balaban J connectivity index is 1.86. The number of para-hydroxylation sites is 1. The highest BCUT2D eigenvalue weighted by Crippen LogP contribution is 2.41. The standard InChI is InChI=1S/C18H19BrO2/c1-3-20-16-9-8-12(2)10-14(16)18(19)17-11-13-6-4-5-7-15(13)21-17/h4-10,17-18H,3,11H2,1-2H3. The van der Waals surface area contributed by atoms with E-state index in [1.807, 2.05) is 25.1 Å². The van der Waals surface area contributed by atoms with Crippen LogP contribution in [0.25, 0.3) is 0 Å². The first-order chi connectivity index (χ1) is 10.2. The Kier molecular flexibility index (Phi) is 4.20. The van der Waals surface area contributed by atoms with Gasteiger partial charge in [0.2, 0.25) is 0 Å². The minimum atomic E-state index is 0.100. The van der Waals surface area contributed by atoms with Crippen LogP contribution in [-0.2, 0) is 6.42 Å². The highest BCUT2D eigenvalue weighted by atomic mass is 79.9. The van der Waals surface area contributed by atoms with Crippen molar-refractivity contribution in [3.63, 3.8) is 0 Å². The van der Waals surface area contributed by atoms with E-state index >= 15 is 0 Å². The summed E-state index contributed by atoms with van der Waals surface area (Å²) in [5.41, 5.74) is 3.67. The zero-order chi connectivity index (χ0) is 14.8. The molecule has 3 rings (SSSR count). The molecular formula is C18H19BrO2. The number of ether oxygens (including phenoxy) is 2. The zero-order valence-electron chi connectivity index (χ0n) is 12.3. The van der Waals surface area contributed by atoms with Gasteiger partial charge < -0.3 is 9.47 Å². The maximum Gasteiger partial charge on any atom is 0.123 e. The van der Waals surface area contributed by atoms with Gasteiger partial charge in [0.05, 0.1) is 11.4 Å². The fourth-order valence-electron chi connectivity index (χ4n) is 2.74. The van der Waals surface area contributed by atoms with Crippen LogP contribution in [0.5, 0.6) is 11.5 Å². The van der Waals surface area contributed by atoms with Gasteiger partial charge in [-0.1, -0.05) is 51.8 Å². The molecule has 0 N–H and O–H groups in total. The van der Waals surface area contributed by atoms with Crippen LogP contribution in [0.1, 0.15) is 28.4 Å². The summed E-state index contributed by atoms with van der Waals surface area (Å²) in [6.07, 6.45) is 1.02. The summed E-state index contributed by atoms with van der Waals surface area (Å²) in [6.45, 7) is 4.78. The van der Waals surface area contributed by atoms with Crippen LogP contribution in [0, 0.1) is 6.92 Å². The Morgan fingerprint density at radius 1 is 1.29 bits per heavy atom. The van der Waals surface area contributed by atoms with Crippen LogP contribution in [0.15, 0.2) is 42.5 Å². The smallest absolute Gasteiger partial charge is 0.123 e. The molecule has 2 atom stereocenters. The van der Waals surface area contributed by atoms with E-state index in [-0.39, 0.29) is 10.9 Å². The number of halogens is 1. The van der Waals surface area contributed by atoms with Crippen molar-refractivity contribution in [2.75, 3.05) is 6.61 Å². The van der Waals surface area contributed by atoms with E-state index in [0.29, 0.717) is 6.61 Å². The molecule has 0 fully saturated rings. The lowest BCUT2D eigenvalue weighted by atomic mass is 10.0. The SMILES string of the molecule is CCOc1ccc(C)cc1C(Br)C1Cc2ccccc2O1. The van der Waals surface area contributed by atoms with Crippen molar-refractivity contribution in [3.05, 3.63) is 59.2 Å². The predicted octanol–water partition coefficient (Wildman–Crippen LogP) is 4.83. The van der Waals surface area contributed by atoms with Gasteiger partial charge >= 0.3 is 0 Å². The Hall–Kier alpha value is -1.48. The Bertz CT molecular complexity index is 614. The Labute approximate surface area is 134 Å². The van der Waals surface area contributed by atoms with Gasteiger partial charge in [-0.15, -0.1) is 0 Å². The topological polar surface area (TPSA) is 18.5 Å². The van der Waals surface area contributed by atoms with Gasteiger partial charge in [-0.3, -0.25) is 0 Å². The van der Waals surface area contributed by atoms with Crippen LogP contribution >= 0.6 is 15.9 Å². The van der Waals surface area contributed by atoms with Gasteiger partial charge in [-0.2, -0.15) is 0 Å². The number of hydrogen-bond acceptors (Lipinski definition) is 2. The van der Waals surface area contributed by atoms with Crippen LogP contribution < -0.4 is 9.47 Å². The lowest BCUT2D eigenvalue weighted by Gasteiger charge is -2.21. The molecule has 1 heterocycles. The van der Waals surface area contributed by atoms with Gasteiger partial charge in [0.15, 0.2) is 0 Å². The minimum absolute atomic E-state index is 0.100. The fourth-order valence-corrected chi connectivity index (χ4v) is 3.40. The molecule has 3 heteroatoms. The van der Waals surface area contributed by atoms with Crippen molar-refractivity contribution >= 4 is 15.9 Å². The lowest BCUT2D eigenvalue weighted by molar-refractivity contribution is 0.229. The number of fused-ring (bicyclic) bond motifs is 1. The largest absolute Gasteiger partial charge is 0.494 e. The van der Waals surface area contributed by atoms with Gasteiger partial charge in [0.1, 0.15) is 17.6 Å². The Morgan fingerprint density at radius 2 is 2.10 bits per heavy atom. The normalized spacial score (nSPS) is 18.0. The summed E-state index contributed by atoms with van der Waals surface area (Å²) < 4.78 is 11.9. The molecule has 0 saturated carbocycles. The molecule has 0 bridgehead atoms. The molecule has 2 aromatic carbocycles. The molecule has 2 aromatic rings. The summed E-state index contributed by atoms with van der Waals surface area (Å²) in [5.74, 6) is 1.93. The average Bonchev–Trinajstić information content (AvgIpc) is 2.92. The van der Waals surface area contributed by atoms with E-state index in [1.54, 1.807) is 0 Å². The first kappa shape index (κ1) is 14.5. The van der Waals surface area contributed by atoms with E-state index in [2.05, 4.69) is 47.1 Å². The summed E-state index contributed by atoms with van der Waals surface area (Å²) in [5, 5.41) is 0. The van der Waals surface area contributed by atoms with Gasteiger partial charge in [0.25, 0.3) is 0 Å². The Morgan fingerprint density at radius 3 is 2.86 bits per heavy atom. The van der Waals surface area contributed by atoms with Gasteiger partial charge in [-0.05, 0) is 31.5 Å². The molecule has 0 amide bonds.